The summed E-state index contributed by atoms with van der Waals surface area (Å²) in [7, 11) is 0. The molecule has 142 valence electrons. The predicted octanol–water partition coefficient (Wildman–Crippen LogP) is 3.32. The summed E-state index contributed by atoms with van der Waals surface area (Å²) < 4.78 is 5.85. The average Bonchev–Trinajstić information content (AvgIpc) is 3.49. The molecule has 1 spiro atoms. The number of amides is 1. The summed E-state index contributed by atoms with van der Waals surface area (Å²) in [4.78, 5) is 17.0. The second-order valence-corrected chi connectivity index (χ2v) is 8.60. The number of nitrogens with zero attached hydrogens (tertiary/aromatic N) is 2. The highest BCUT2D eigenvalue weighted by Gasteiger charge is 2.42. The van der Waals surface area contributed by atoms with Crippen LogP contribution in [0.4, 0.5) is 0 Å². The number of hydrogen-bond acceptors (Lipinski definition) is 3. The summed E-state index contributed by atoms with van der Waals surface area (Å²) in [6.07, 6.45) is 7.00. The molecule has 2 heterocycles. The van der Waals surface area contributed by atoms with Crippen LogP contribution in [0.25, 0.3) is 0 Å². The van der Waals surface area contributed by atoms with Gasteiger partial charge in [-0.3, -0.25) is 4.79 Å². The van der Waals surface area contributed by atoms with Crippen molar-refractivity contribution in [2.45, 2.75) is 45.1 Å². The van der Waals surface area contributed by atoms with Crippen molar-refractivity contribution in [3.05, 3.63) is 35.9 Å². The van der Waals surface area contributed by atoms with Crippen molar-refractivity contribution < 1.29 is 9.53 Å². The minimum absolute atomic E-state index is 0.393. The number of piperidine rings is 2. The molecule has 0 atom stereocenters. The number of benzene rings is 1. The van der Waals surface area contributed by atoms with Gasteiger partial charge in [-0.05, 0) is 62.1 Å². The third kappa shape index (κ3) is 4.66. The zero-order valence-electron chi connectivity index (χ0n) is 15.9. The van der Waals surface area contributed by atoms with Crippen LogP contribution in [0.2, 0.25) is 0 Å². The van der Waals surface area contributed by atoms with Crippen LogP contribution in [0.5, 0.6) is 0 Å². The number of likely N-dealkylation sites (tertiary alicyclic amines) is 2. The van der Waals surface area contributed by atoms with E-state index in [1.165, 1.54) is 31.2 Å². The van der Waals surface area contributed by atoms with Crippen molar-refractivity contribution in [1.29, 1.82) is 0 Å². The lowest BCUT2D eigenvalue weighted by Gasteiger charge is -2.47. The minimum atomic E-state index is 0.393. The Hall–Kier alpha value is -1.39. The van der Waals surface area contributed by atoms with Gasteiger partial charge in [0.15, 0.2) is 0 Å². The first-order valence-electron chi connectivity index (χ1n) is 10.3. The molecule has 2 saturated heterocycles. The van der Waals surface area contributed by atoms with E-state index in [2.05, 4.69) is 34.1 Å². The summed E-state index contributed by atoms with van der Waals surface area (Å²) in [5.41, 5.74) is 1.64. The van der Waals surface area contributed by atoms with E-state index < -0.39 is 0 Å². The van der Waals surface area contributed by atoms with Crippen LogP contribution in [0.3, 0.4) is 0 Å². The topological polar surface area (TPSA) is 32.8 Å². The summed E-state index contributed by atoms with van der Waals surface area (Å²) in [5.74, 6) is 1.20. The number of carbonyl (C=O) groups is 1. The van der Waals surface area contributed by atoms with Gasteiger partial charge in [0.1, 0.15) is 0 Å². The van der Waals surface area contributed by atoms with E-state index in [0.717, 1.165) is 58.1 Å². The summed E-state index contributed by atoms with van der Waals surface area (Å²) in [6.45, 7) is 6.87. The van der Waals surface area contributed by atoms with E-state index in [-0.39, 0.29) is 0 Å². The number of rotatable bonds is 7. The van der Waals surface area contributed by atoms with Crippen molar-refractivity contribution >= 4 is 5.91 Å². The highest BCUT2D eigenvalue weighted by atomic mass is 16.5. The van der Waals surface area contributed by atoms with E-state index in [0.29, 0.717) is 17.9 Å². The van der Waals surface area contributed by atoms with Gasteiger partial charge in [-0.15, -0.1) is 0 Å². The number of hydrogen-bond donors (Lipinski definition) is 0. The smallest absolute Gasteiger partial charge is 0.222 e. The van der Waals surface area contributed by atoms with Crippen molar-refractivity contribution in [1.82, 2.24) is 9.80 Å². The molecule has 1 saturated carbocycles. The lowest BCUT2D eigenvalue weighted by atomic mass is 9.72. The van der Waals surface area contributed by atoms with E-state index >= 15 is 0 Å². The molecule has 0 N–H and O–H groups in total. The Bertz CT molecular complexity index is 591. The summed E-state index contributed by atoms with van der Waals surface area (Å²) >= 11 is 0. The van der Waals surface area contributed by atoms with Gasteiger partial charge in [-0.1, -0.05) is 30.3 Å². The van der Waals surface area contributed by atoms with E-state index in [1.54, 1.807) is 0 Å². The minimum Gasteiger partial charge on any atom is -0.375 e. The monoisotopic (exact) mass is 356 g/mol. The molecule has 0 unspecified atom stereocenters. The van der Waals surface area contributed by atoms with E-state index in [9.17, 15) is 4.79 Å². The lowest BCUT2D eigenvalue weighted by Crippen LogP contribution is -2.52. The van der Waals surface area contributed by atoms with Crippen LogP contribution in [0.15, 0.2) is 30.3 Å². The molecule has 1 aromatic rings. The summed E-state index contributed by atoms with van der Waals surface area (Å²) in [5, 5.41) is 0. The van der Waals surface area contributed by atoms with Crippen LogP contribution in [-0.2, 0) is 16.1 Å². The van der Waals surface area contributed by atoms with Gasteiger partial charge in [0.05, 0.1) is 13.2 Å². The zero-order valence-corrected chi connectivity index (χ0v) is 15.9. The van der Waals surface area contributed by atoms with E-state index in [1.807, 2.05) is 6.07 Å². The Kier molecular flexibility index (Phi) is 5.60. The van der Waals surface area contributed by atoms with Crippen LogP contribution in [0.1, 0.15) is 44.1 Å². The Balaban J connectivity index is 1.18. The highest BCUT2D eigenvalue weighted by molar-refractivity contribution is 5.77. The molecule has 3 aliphatic rings. The van der Waals surface area contributed by atoms with Gasteiger partial charge < -0.3 is 14.5 Å². The molecule has 1 aliphatic carbocycles. The predicted molar refractivity (Wildman–Crippen MR) is 103 cm³/mol. The zero-order chi connectivity index (χ0) is 17.8. The SMILES string of the molecule is O=C1CCC2(CCN(CCOCc3ccccc3)CC2)CN1CC1CC1. The highest BCUT2D eigenvalue weighted by Crippen LogP contribution is 2.41. The van der Waals surface area contributed by atoms with Gasteiger partial charge in [0.2, 0.25) is 5.91 Å². The van der Waals surface area contributed by atoms with Crippen LogP contribution in [0, 0.1) is 11.3 Å². The molecule has 2 aliphatic heterocycles. The fourth-order valence-corrected chi connectivity index (χ4v) is 4.50. The molecule has 3 fully saturated rings. The van der Waals surface area contributed by atoms with Gasteiger partial charge in [0, 0.05) is 26.1 Å². The Morgan fingerprint density at radius 2 is 1.85 bits per heavy atom. The molecule has 4 heteroatoms. The van der Waals surface area contributed by atoms with Crippen molar-refractivity contribution in [3.63, 3.8) is 0 Å². The maximum absolute atomic E-state index is 12.2. The molecular formula is C22H32N2O2. The number of ether oxygens (including phenoxy) is 1. The van der Waals surface area contributed by atoms with Crippen LogP contribution in [-0.4, -0.2) is 55.0 Å². The first-order chi connectivity index (χ1) is 12.7. The molecule has 26 heavy (non-hydrogen) atoms. The first kappa shape index (κ1) is 18.0. The average molecular weight is 357 g/mol. The van der Waals surface area contributed by atoms with Gasteiger partial charge in [-0.25, -0.2) is 0 Å². The molecule has 1 amide bonds. The molecule has 1 aromatic carbocycles. The Morgan fingerprint density at radius 3 is 2.58 bits per heavy atom. The number of carbonyl (C=O) groups excluding carboxylic acids is 1. The molecule has 0 bridgehead atoms. The van der Waals surface area contributed by atoms with Gasteiger partial charge in [-0.2, -0.15) is 0 Å². The van der Waals surface area contributed by atoms with Crippen molar-refractivity contribution in [3.8, 4) is 0 Å². The normalized spacial score (nSPS) is 23.5. The van der Waals surface area contributed by atoms with Crippen molar-refractivity contribution in [2.24, 2.45) is 11.3 Å². The fourth-order valence-electron chi connectivity index (χ4n) is 4.50. The quantitative estimate of drug-likeness (QED) is 0.703. The summed E-state index contributed by atoms with van der Waals surface area (Å²) in [6, 6.07) is 10.4. The third-order valence-corrected chi connectivity index (χ3v) is 6.50. The second-order valence-electron chi connectivity index (χ2n) is 8.60. The molecule has 0 aromatic heterocycles. The molecule has 4 nitrogen and oxygen atoms in total. The third-order valence-electron chi connectivity index (χ3n) is 6.50. The Morgan fingerprint density at radius 1 is 1.08 bits per heavy atom. The van der Waals surface area contributed by atoms with Crippen molar-refractivity contribution in [2.75, 3.05) is 39.3 Å². The van der Waals surface area contributed by atoms with Crippen LogP contribution < -0.4 is 0 Å². The largest absolute Gasteiger partial charge is 0.375 e. The molecule has 4 rings (SSSR count). The lowest BCUT2D eigenvalue weighted by molar-refractivity contribution is -0.139. The van der Waals surface area contributed by atoms with Gasteiger partial charge in [0.25, 0.3) is 0 Å². The maximum Gasteiger partial charge on any atom is 0.222 e. The first-order valence-corrected chi connectivity index (χ1v) is 10.3. The van der Waals surface area contributed by atoms with Crippen LogP contribution >= 0.6 is 0 Å². The molecule has 0 radical (unpaired) electrons. The Labute approximate surface area is 157 Å². The van der Waals surface area contributed by atoms with E-state index in [4.69, 9.17) is 4.74 Å². The standard InChI is InChI=1S/C22H32N2O2/c25-21-8-9-22(18-24(21)16-19-6-7-19)10-12-23(13-11-22)14-15-26-17-20-4-2-1-3-5-20/h1-5,19H,6-18H2. The maximum atomic E-state index is 12.2. The molecular weight excluding hydrogens is 324 g/mol. The fraction of sp³-hybridized carbons (Fsp3) is 0.682. The van der Waals surface area contributed by atoms with Gasteiger partial charge >= 0.3 is 0 Å². The second kappa shape index (κ2) is 8.10.